The molecule has 3 rings (SSSR count). The van der Waals surface area contributed by atoms with Crippen LogP contribution in [0.15, 0.2) is 23.2 Å². The highest BCUT2D eigenvalue weighted by atomic mass is 32.2. The van der Waals surface area contributed by atoms with E-state index in [1.54, 1.807) is 60.9 Å². The quantitative estimate of drug-likeness (QED) is 0.708. The van der Waals surface area contributed by atoms with Crippen LogP contribution in [-0.2, 0) is 14.3 Å². The summed E-state index contributed by atoms with van der Waals surface area (Å²) in [7, 11) is 1.65. The minimum atomic E-state index is -0.747. The van der Waals surface area contributed by atoms with Gasteiger partial charge in [0, 0.05) is 23.1 Å². The molecule has 0 radical (unpaired) electrons. The van der Waals surface area contributed by atoms with Gasteiger partial charge in [-0.2, -0.15) is 9.78 Å². The van der Waals surface area contributed by atoms with Crippen molar-refractivity contribution >= 4 is 46.4 Å². The molecule has 2 heterocycles. The minimum Gasteiger partial charge on any atom is -0.444 e. The summed E-state index contributed by atoms with van der Waals surface area (Å²) in [5.41, 5.74) is -0.0478. The van der Waals surface area contributed by atoms with Crippen molar-refractivity contribution in [1.29, 1.82) is 0 Å². The maximum absolute atomic E-state index is 13.0. The van der Waals surface area contributed by atoms with Gasteiger partial charge in [0.05, 0.1) is 17.4 Å². The number of fused-ring (bicyclic) bond motifs is 2. The predicted octanol–water partition coefficient (Wildman–Crippen LogP) is 3.78. The average molecular weight is 449 g/mol. The van der Waals surface area contributed by atoms with Gasteiger partial charge in [-0.1, -0.05) is 0 Å². The molecule has 0 bridgehead atoms. The van der Waals surface area contributed by atoms with Gasteiger partial charge in [-0.15, -0.1) is 11.8 Å². The number of nitrogens with one attached hydrogen (secondary N) is 1. The van der Waals surface area contributed by atoms with Crippen LogP contribution in [-0.4, -0.2) is 57.9 Å². The van der Waals surface area contributed by atoms with Gasteiger partial charge in [-0.25, -0.2) is 9.59 Å². The van der Waals surface area contributed by atoms with E-state index in [-0.39, 0.29) is 5.91 Å². The molecular weight excluding hydrogens is 420 g/mol. The molecule has 0 saturated heterocycles. The number of thioether (sulfide) groups is 1. The van der Waals surface area contributed by atoms with E-state index in [4.69, 9.17) is 9.47 Å². The minimum absolute atomic E-state index is 0.254. The number of alkyl carbamates (subject to hydrolysis) is 1. The Morgan fingerprint density at radius 2 is 1.77 bits per heavy atom. The van der Waals surface area contributed by atoms with Gasteiger partial charge in [-0.05, 0) is 53.7 Å². The summed E-state index contributed by atoms with van der Waals surface area (Å²) in [4.78, 5) is 39.9. The number of anilines is 1. The van der Waals surface area contributed by atoms with Crippen LogP contribution in [0.5, 0.6) is 0 Å². The van der Waals surface area contributed by atoms with E-state index in [0.29, 0.717) is 22.3 Å². The molecular formula is C21H28N4O5S. The summed E-state index contributed by atoms with van der Waals surface area (Å²) in [6.07, 6.45) is 0.343. The van der Waals surface area contributed by atoms with Gasteiger partial charge in [0.1, 0.15) is 17.2 Å². The lowest BCUT2D eigenvalue weighted by Gasteiger charge is -2.24. The molecule has 1 N–H and O–H groups in total. The molecule has 10 heteroatoms. The number of hydrogen-bond acceptors (Lipinski definition) is 7. The first-order valence-corrected chi connectivity index (χ1v) is 10.9. The number of aromatic nitrogens is 2. The molecule has 1 atom stereocenters. The number of ether oxygens (including phenoxy) is 2. The van der Waals surface area contributed by atoms with E-state index in [1.807, 2.05) is 6.07 Å². The lowest BCUT2D eigenvalue weighted by Crippen LogP contribution is -2.49. The van der Waals surface area contributed by atoms with E-state index in [1.165, 1.54) is 21.3 Å². The number of carbonyl (C=O) groups excluding carboxylic acids is 3. The molecule has 0 aliphatic carbocycles. The van der Waals surface area contributed by atoms with Gasteiger partial charge in [0.2, 0.25) is 5.91 Å². The Labute approximate surface area is 185 Å². The number of likely N-dealkylation sites (N-methyl/N-ethyl adjacent to an activating group) is 1. The van der Waals surface area contributed by atoms with Crippen LogP contribution in [0.4, 0.5) is 15.3 Å². The summed E-state index contributed by atoms with van der Waals surface area (Å²) in [5, 5.41) is 7.52. The predicted molar refractivity (Wildman–Crippen MR) is 119 cm³/mol. The third-order valence-corrected chi connectivity index (χ3v) is 5.44. The van der Waals surface area contributed by atoms with Gasteiger partial charge in [0.15, 0.2) is 0 Å². The zero-order valence-corrected chi connectivity index (χ0v) is 19.6. The van der Waals surface area contributed by atoms with E-state index < -0.39 is 29.4 Å². The Hall–Kier alpha value is -2.75. The third kappa shape index (κ3) is 5.30. The fourth-order valence-corrected chi connectivity index (χ4v) is 4.13. The van der Waals surface area contributed by atoms with Crippen molar-refractivity contribution in [2.45, 2.75) is 63.7 Å². The molecule has 1 aromatic heterocycles. The normalized spacial score (nSPS) is 17.2. The first-order chi connectivity index (χ1) is 14.2. The Morgan fingerprint density at radius 3 is 2.39 bits per heavy atom. The highest BCUT2D eigenvalue weighted by molar-refractivity contribution is 7.99. The highest BCUT2D eigenvalue weighted by Crippen LogP contribution is 2.37. The van der Waals surface area contributed by atoms with Crippen LogP contribution >= 0.6 is 11.8 Å². The van der Waals surface area contributed by atoms with Crippen molar-refractivity contribution in [3.8, 4) is 0 Å². The summed E-state index contributed by atoms with van der Waals surface area (Å²) < 4.78 is 11.9. The number of carbonyl (C=O) groups is 3. The smallest absolute Gasteiger partial charge is 0.435 e. The van der Waals surface area contributed by atoms with Crippen molar-refractivity contribution in [3.05, 3.63) is 18.3 Å². The van der Waals surface area contributed by atoms with E-state index in [9.17, 15) is 14.4 Å². The number of amides is 2. The first kappa shape index (κ1) is 22.9. The van der Waals surface area contributed by atoms with Crippen LogP contribution < -0.4 is 10.2 Å². The average Bonchev–Trinajstić information content (AvgIpc) is 2.98. The Morgan fingerprint density at radius 1 is 1.13 bits per heavy atom. The molecule has 31 heavy (non-hydrogen) atoms. The Balaban J connectivity index is 1.88. The largest absolute Gasteiger partial charge is 0.444 e. The van der Waals surface area contributed by atoms with E-state index in [0.717, 1.165) is 4.90 Å². The van der Waals surface area contributed by atoms with Crippen molar-refractivity contribution < 1.29 is 23.9 Å². The first-order valence-electron chi connectivity index (χ1n) is 9.90. The second kappa shape index (κ2) is 8.07. The van der Waals surface area contributed by atoms with Crippen molar-refractivity contribution in [3.63, 3.8) is 0 Å². The lowest BCUT2D eigenvalue weighted by atomic mass is 10.2. The van der Waals surface area contributed by atoms with Gasteiger partial charge in [-0.3, -0.25) is 4.79 Å². The fourth-order valence-electron chi connectivity index (χ4n) is 3.02. The SMILES string of the molecule is CN1C(=O)C(NC(=O)OC(C)(C)C)CSc2cc3c(cnn3C(=O)OC(C)(C)C)cc21. The molecule has 1 aromatic carbocycles. The number of hydrogen-bond donors (Lipinski definition) is 1. The van der Waals surface area contributed by atoms with Crippen LogP contribution in [0, 0.1) is 0 Å². The molecule has 9 nitrogen and oxygen atoms in total. The zero-order chi connectivity index (χ0) is 23.1. The zero-order valence-electron chi connectivity index (χ0n) is 18.8. The molecule has 0 fully saturated rings. The molecule has 1 aliphatic rings. The van der Waals surface area contributed by atoms with E-state index >= 15 is 0 Å². The molecule has 1 unspecified atom stereocenters. The second-order valence-electron chi connectivity index (χ2n) is 9.32. The van der Waals surface area contributed by atoms with E-state index in [2.05, 4.69) is 10.4 Å². The monoisotopic (exact) mass is 448 g/mol. The van der Waals surface area contributed by atoms with Crippen LogP contribution in [0.25, 0.3) is 10.9 Å². The summed E-state index contributed by atoms with van der Waals surface area (Å²) >= 11 is 1.41. The number of benzene rings is 1. The topological polar surface area (TPSA) is 103 Å². The number of nitrogens with zero attached hydrogens (tertiary/aromatic N) is 3. The summed E-state index contributed by atoms with van der Waals surface area (Å²) in [5.74, 6) is 0.0672. The van der Waals surface area contributed by atoms with Crippen molar-refractivity contribution in [1.82, 2.24) is 15.1 Å². The number of rotatable bonds is 1. The standard InChI is InChI=1S/C21H28N4O5S/c1-20(2,3)29-18(27)23-13-11-31-16-9-14-12(8-15(16)24(7)17(13)26)10-22-25(14)19(28)30-21(4,5)6/h8-10,13H,11H2,1-7H3,(H,23,27). The van der Waals surface area contributed by atoms with Crippen LogP contribution in [0.3, 0.4) is 0 Å². The third-order valence-electron chi connectivity index (χ3n) is 4.30. The Kier molecular flexibility index (Phi) is 5.96. The molecule has 1 aliphatic heterocycles. The summed E-state index contributed by atoms with van der Waals surface area (Å²) in [6.45, 7) is 10.7. The molecule has 0 spiro atoms. The van der Waals surface area contributed by atoms with Crippen LogP contribution in [0.2, 0.25) is 0 Å². The van der Waals surface area contributed by atoms with Gasteiger partial charge >= 0.3 is 12.2 Å². The van der Waals surface area contributed by atoms with Crippen molar-refractivity contribution in [2.75, 3.05) is 17.7 Å². The molecule has 2 amide bonds. The molecule has 0 saturated carbocycles. The van der Waals surface area contributed by atoms with Crippen molar-refractivity contribution in [2.24, 2.45) is 0 Å². The maximum Gasteiger partial charge on any atom is 0.435 e. The van der Waals surface area contributed by atoms with Gasteiger partial charge < -0.3 is 19.7 Å². The second-order valence-corrected chi connectivity index (χ2v) is 10.4. The maximum atomic E-state index is 13.0. The molecule has 2 aromatic rings. The summed E-state index contributed by atoms with van der Waals surface area (Å²) in [6, 6.07) is 2.87. The Bertz CT molecular complexity index is 1030. The fraction of sp³-hybridized carbons (Fsp3) is 0.524. The molecule has 168 valence electrons. The van der Waals surface area contributed by atoms with Gasteiger partial charge in [0.25, 0.3) is 0 Å². The van der Waals surface area contributed by atoms with Crippen LogP contribution in [0.1, 0.15) is 41.5 Å². The highest BCUT2D eigenvalue weighted by Gasteiger charge is 2.32. The lowest BCUT2D eigenvalue weighted by molar-refractivity contribution is -0.119.